The van der Waals surface area contributed by atoms with Gasteiger partial charge >= 0.3 is 0 Å². The van der Waals surface area contributed by atoms with Crippen molar-refractivity contribution < 1.29 is 4.42 Å². The number of benzene rings is 1. The average molecular weight is 257 g/mol. The smallest absolute Gasteiger partial charge is 0.108 e. The molecule has 1 aromatic carbocycles. The molecule has 0 saturated heterocycles. The van der Waals surface area contributed by atoms with E-state index in [1.165, 1.54) is 16.7 Å². The predicted octanol–water partition coefficient (Wildman–Crippen LogP) is 4.10. The molecule has 0 aliphatic rings. The first-order chi connectivity index (χ1) is 9.30. The monoisotopic (exact) mass is 257 g/mol. The van der Waals surface area contributed by atoms with Crippen molar-refractivity contribution in [1.82, 2.24) is 5.32 Å². The van der Waals surface area contributed by atoms with Crippen LogP contribution in [0.5, 0.6) is 0 Å². The van der Waals surface area contributed by atoms with Crippen LogP contribution in [-0.2, 0) is 12.8 Å². The fourth-order valence-corrected chi connectivity index (χ4v) is 2.50. The number of aryl methyl sites for hydroxylation is 2. The van der Waals surface area contributed by atoms with Gasteiger partial charge in [-0.15, -0.1) is 0 Å². The third kappa shape index (κ3) is 3.07. The summed E-state index contributed by atoms with van der Waals surface area (Å²) in [6.07, 6.45) is 3.79. The fourth-order valence-electron chi connectivity index (χ4n) is 2.50. The van der Waals surface area contributed by atoms with Crippen molar-refractivity contribution in [2.45, 2.75) is 39.7 Å². The van der Waals surface area contributed by atoms with E-state index in [2.05, 4.69) is 56.4 Å². The summed E-state index contributed by atoms with van der Waals surface area (Å²) in [5.41, 5.74) is 3.96. The van der Waals surface area contributed by atoms with Crippen LogP contribution in [0.4, 0.5) is 0 Å². The lowest BCUT2D eigenvalue weighted by Crippen LogP contribution is -2.22. The summed E-state index contributed by atoms with van der Waals surface area (Å²) >= 11 is 0. The van der Waals surface area contributed by atoms with Gasteiger partial charge in [0.2, 0.25) is 0 Å². The molecule has 1 atom stereocenters. The van der Waals surface area contributed by atoms with E-state index in [4.69, 9.17) is 4.42 Å². The quantitative estimate of drug-likeness (QED) is 0.842. The number of furan rings is 1. The number of nitrogens with one attached hydrogen (secondary N) is 1. The predicted molar refractivity (Wildman–Crippen MR) is 79.4 cm³/mol. The van der Waals surface area contributed by atoms with Crippen LogP contribution >= 0.6 is 0 Å². The average Bonchev–Trinajstić information content (AvgIpc) is 2.93. The Kier molecular flexibility index (Phi) is 4.80. The van der Waals surface area contributed by atoms with Gasteiger partial charge in [-0.25, -0.2) is 0 Å². The lowest BCUT2D eigenvalue weighted by atomic mass is 9.96. The largest absolute Gasteiger partial charge is 0.469 e. The van der Waals surface area contributed by atoms with Gasteiger partial charge in [0.25, 0.3) is 0 Å². The van der Waals surface area contributed by atoms with E-state index in [1.807, 2.05) is 0 Å². The number of hydrogen-bond donors (Lipinski definition) is 1. The van der Waals surface area contributed by atoms with Crippen molar-refractivity contribution in [3.63, 3.8) is 0 Å². The van der Waals surface area contributed by atoms with Crippen LogP contribution in [0.2, 0.25) is 0 Å². The maximum Gasteiger partial charge on any atom is 0.108 e. The summed E-state index contributed by atoms with van der Waals surface area (Å²) < 4.78 is 5.58. The number of rotatable bonds is 6. The zero-order chi connectivity index (χ0) is 13.7. The third-order valence-corrected chi connectivity index (χ3v) is 3.51. The highest BCUT2D eigenvalue weighted by molar-refractivity contribution is 5.35. The molecule has 19 heavy (non-hydrogen) atoms. The van der Waals surface area contributed by atoms with Gasteiger partial charge in [0.15, 0.2) is 0 Å². The topological polar surface area (TPSA) is 25.2 Å². The highest BCUT2D eigenvalue weighted by Crippen LogP contribution is 2.27. The summed E-state index contributed by atoms with van der Waals surface area (Å²) in [5, 5.41) is 3.57. The van der Waals surface area contributed by atoms with Gasteiger partial charge in [0, 0.05) is 12.0 Å². The van der Waals surface area contributed by atoms with Gasteiger partial charge in [-0.2, -0.15) is 0 Å². The van der Waals surface area contributed by atoms with Crippen molar-refractivity contribution in [3.05, 3.63) is 59.0 Å². The maximum atomic E-state index is 5.58. The van der Waals surface area contributed by atoms with E-state index in [9.17, 15) is 0 Å². The third-order valence-electron chi connectivity index (χ3n) is 3.51. The van der Waals surface area contributed by atoms with Gasteiger partial charge in [-0.05, 0) is 30.2 Å². The van der Waals surface area contributed by atoms with Crippen molar-refractivity contribution in [2.75, 3.05) is 6.54 Å². The Balaban J connectivity index is 2.39. The normalized spacial score (nSPS) is 12.6. The molecule has 102 valence electrons. The van der Waals surface area contributed by atoms with Crippen molar-refractivity contribution in [2.24, 2.45) is 0 Å². The minimum atomic E-state index is 0.227. The standard InChI is InChI=1S/C17H23NO/c1-4-13-8-7-9-14(12-13)17(18-6-3)15-10-11-19-16(15)5-2/h7-12,17-18H,4-6H2,1-3H3. The summed E-state index contributed by atoms with van der Waals surface area (Å²) in [6.45, 7) is 7.40. The molecule has 0 saturated carbocycles. The molecule has 0 fully saturated rings. The van der Waals surface area contributed by atoms with E-state index >= 15 is 0 Å². The Morgan fingerprint density at radius 2 is 1.95 bits per heavy atom. The van der Waals surface area contributed by atoms with Gasteiger partial charge in [-0.1, -0.05) is 45.0 Å². The van der Waals surface area contributed by atoms with E-state index in [0.29, 0.717) is 0 Å². The molecule has 0 bridgehead atoms. The van der Waals surface area contributed by atoms with Crippen LogP contribution in [0.15, 0.2) is 41.0 Å². The van der Waals surface area contributed by atoms with Crippen LogP contribution in [-0.4, -0.2) is 6.54 Å². The summed E-state index contributed by atoms with van der Waals surface area (Å²) in [4.78, 5) is 0. The zero-order valence-corrected chi connectivity index (χ0v) is 12.1. The molecule has 1 heterocycles. The molecule has 2 rings (SSSR count). The van der Waals surface area contributed by atoms with Crippen LogP contribution in [0.3, 0.4) is 0 Å². The molecule has 0 radical (unpaired) electrons. The lowest BCUT2D eigenvalue weighted by molar-refractivity contribution is 0.502. The van der Waals surface area contributed by atoms with Crippen molar-refractivity contribution in [3.8, 4) is 0 Å². The second kappa shape index (κ2) is 6.58. The Bertz CT molecular complexity index is 515. The molecule has 2 heteroatoms. The van der Waals surface area contributed by atoms with E-state index in [0.717, 1.165) is 25.1 Å². The molecular weight excluding hydrogens is 234 g/mol. The van der Waals surface area contributed by atoms with E-state index in [-0.39, 0.29) is 6.04 Å². The minimum absolute atomic E-state index is 0.227. The molecule has 2 nitrogen and oxygen atoms in total. The second-order valence-electron chi connectivity index (χ2n) is 4.74. The van der Waals surface area contributed by atoms with Crippen LogP contribution in [0, 0.1) is 0 Å². The van der Waals surface area contributed by atoms with Gasteiger partial charge < -0.3 is 9.73 Å². The number of hydrogen-bond acceptors (Lipinski definition) is 2. The first-order valence-electron chi connectivity index (χ1n) is 7.18. The van der Waals surface area contributed by atoms with Crippen molar-refractivity contribution >= 4 is 0 Å². The molecule has 2 aromatic rings. The van der Waals surface area contributed by atoms with Gasteiger partial charge in [0.05, 0.1) is 12.3 Å². The van der Waals surface area contributed by atoms with E-state index < -0.39 is 0 Å². The van der Waals surface area contributed by atoms with Crippen LogP contribution < -0.4 is 5.32 Å². The molecule has 0 aliphatic carbocycles. The fraction of sp³-hybridized carbons (Fsp3) is 0.412. The first kappa shape index (κ1) is 13.9. The molecule has 1 unspecified atom stereocenters. The summed E-state index contributed by atoms with van der Waals surface area (Å²) in [6, 6.07) is 11.1. The highest BCUT2D eigenvalue weighted by atomic mass is 16.3. The highest BCUT2D eigenvalue weighted by Gasteiger charge is 2.18. The van der Waals surface area contributed by atoms with Gasteiger partial charge in [-0.3, -0.25) is 0 Å². The first-order valence-corrected chi connectivity index (χ1v) is 7.18. The molecule has 1 N–H and O–H groups in total. The Morgan fingerprint density at radius 3 is 2.63 bits per heavy atom. The Hall–Kier alpha value is -1.54. The Morgan fingerprint density at radius 1 is 1.11 bits per heavy atom. The Labute approximate surface area is 115 Å². The lowest BCUT2D eigenvalue weighted by Gasteiger charge is -2.19. The van der Waals surface area contributed by atoms with Crippen molar-refractivity contribution in [1.29, 1.82) is 0 Å². The van der Waals surface area contributed by atoms with Gasteiger partial charge in [0.1, 0.15) is 5.76 Å². The molecule has 0 amide bonds. The molecular formula is C17H23NO. The second-order valence-corrected chi connectivity index (χ2v) is 4.74. The molecule has 0 spiro atoms. The summed E-state index contributed by atoms with van der Waals surface area (Å²) in [5.74, 6) is 1.08. The molecule has 1 aromatic heterocycles. The van der Waals surface area contributed by atoms with E-state index in [1.54, 1.807) is 6.26 Å². The maximum absolute atomic E-state index is 5.58. The SMILES string of the molecule is CCNC(c1cccc(CC)c1)c1ccoc1CC. The molecule has 0 aliphatic heterocycles. The summed E-state index contributed by atoms with van der Waals surface area (Å²) in [7, 11) is 0. The zero-order valence-electron chi connectivity index (χ0n) is 12.1. The minimum Gasteiger partial charge on any atom is -0.469 e. The van der Waals surface area contributed by atoms with Crippen LogP contribution in [0.25, 0.3) is 0 Å². The van der Waals surface area contributed by atoms with Crippen LogP contribution in [0.1, 0.15) is 49.3 Å².